The number of aromatic nitrogens is 4. The molecule has 0 saturated heterocycles. The van der Waals surface area contributed by atoms with E-state index in [1.54, 1.807) is 13.8 Å². The van der Waals surface area contributed by atoms with Crippen LogP contribution in [-0.2, 0) is 6.18 Å². The van der Waals surface area contributed by atoms with Crippen LogP contribution in [0.4, 0.5) is 13.2 Å². The Balaban J connectivity index is 2.50. The first kappa shape index (κ1) is 12.8. The summed E-state index contributed by atoms with van der Waals surface area (Å²) in [5.74, 6) is 0.0790. The zero-order valence-electron chi connectivity index (χ0n) is 9.46. The van der Waals surface area contributed by atoms with Gasteiger partial charge in [-0.05, 0) is 19.9 Å². The van der Waals surface area contributed by atoms with Crippen molar-refractivity contribution in [3.63, 3.8) is 0 Å². The first-order valence-corrected chi connectivity index (χ1v) is 5.31. The molecule has 0 amide bonds. The number of halogens is 4. The largest absolute Gasteiger partial charge is 0.435 e. The summed E-state index contributed by atoms with van der Waals surface area (Å²) in [5, 5.41) is 3.40. The van der Waals surface area contributed by atoms with Crippen LogP contribution in [0.5, 0.6) is 0 Å². The normalized spacial score (nSPS) is 11.9. The lowest BCUT2D eigenvalue weighted by atomic mass is 10.3. The Hall–Kier alpha value is -1.63. The van der Waals surface area contributed by atoms with Crippen LogP contribution in [0, 0.1) is 13.8 Å². The van der Waals surface area contributed by atoms with Crippen LogP contribution in [0.15, 0.2) is 12.3 Å². The molecule has 0 aromatic carbocycles. The van der Waals surface area contributed by atoms with E-state index in [2.05, 4.69) is 15.1 Å². The predicted molar refractivity (Wildman–Crippen MR) is 58.6 cm³/mol. The van der Waals surface area contributed by atoms with Gasteiger partial charge in [0.2, 0.25) is 0 Å². The average Bonchev–Trinajstić information content (AvgIpc) is 2.72. The summed E-state index contributed by atoms with van der Waals surface area (Å²) < 4.78 is 38.2. The number of hydrogen-bond acceptors (Lipinski definition) is 3. The molecule has 0 unspecified atom stereocenters. The van der Waals surface area contributed by atoms with E-state index in [0.29, 0.717) is 11.4 Å². The highest BCUT2D eigenvalue weighted by atomic mass is 35.5. The Labute approximate surface area is 105 Å². The van der Waals surface area contributed by atoms with Crippen molar-refractivity contribution in [3.05, 3.63) is 34.5 Å². The molecule has 0 aliphatic carbocycles. The van der Waals surface area contributed by atoms with Crippen LogP contribution in [-0.4, -0.2) is 19.7 Å². The number of alkyl halides is 3. The second kappa shape index (κ2) is 4.24. The Morgan fingerprint density at radius 2 is 1.78 bits per heavy atom. The van der Waals surface area contributed by atoms with Crippen molar-refractivity contribution in [2.75, 3.05) is 0 Å². The third kappa shape index (κ3) is 2.31. The molecule has 0 aliphatic heterocycles. The molecule has 4 nitrogen and oxygen atoms in total. The molecule has 96 valence electrons. The molecule has 2 aromatic heterocycles. The third-order valence-corrected chi connectivity index (χ3v) is 2.60. The maximum absolute atomic E-state index is 12.4. The smallest absolute Gasteiger partial charge is 0.236 e. The van der Waals surface area contributed by atoms with Gasteiger partial charge in [-0.2, -0.15) is 18.3 Å². The van der Waals surface area contributed by atoms with Gasteiger partial charge in [0.25, 0.3) is 0 Å². The monoisotopic (exact) mass is 276 g/mol. The third-order valence-electron chi connectivity index (χ3n) is 2.34. The highest BCUT2D eigenvalue weighted by Gasteiger charge is 2.33. The summed E-state index contributed by atoms with van der Waals surface area (Å²) in [4.78, 5) is 8.06. The van der Waals surface area contributed by atoms with Gasteiger partial charge in [-0.1, -0.05) is 11.6 Å². The molecule has 0 fully saturated rings. The van der Waals surface area contributed by atoms with E-state index in [4.69, 9.17) is 11.6 Å². The first-order chi connectivity index (χ1) is 8.29. The zero-order valence-corrected chi connectivity index (χ0v) is 10.2. The quantitative estimate of drug-likeness (QED) is 0.804. The molecule has 0 saturated carbocycles. The highest BCUT2D eigenvalue weighted by Crippen LogP contribution is 2.28. The molecule has 0 atom stereocenters. The summed E-state index contributed by atoms with van der Waals surface area (Å²) >= 11 is 5.84. The number of aryl methyl sites for hydroxylation is 2. The van der Waals surface area contributed by atoms with E-state index in [0.717, 1.165) is 16.9 Å². The lowest BCUT2D eigenvalue weighted by Gasteiger charge is -2.06. The van der Waals surface area contributed by atoms with Crippen molar-refractivity contribution >= 4 is 11.6 Å². The van der Waals surface area contributed by atoms with Crippen molar-refractivity contribution in [1.29, 1.82) is 0 Å². The summed E-state index contributed by atoms with van der Waals surface area (Å²) in [5.41, 5.74) is 0.198. The molecular weight excluding hydrogens is 269 g/mol. The van der Waals surface area contributed by atoms with E-state index in [-0.39, 0.29) is 11.0 Å². The van der Waals surface area contributed by atoms with Gasteiger partial charge >= 0.3 is 6.18 Å². The topological polar surface area (TPSA) is 43.6 Å². The molecule has 0 aliphatic rings. The molecule has 0 spiro atoms. The summed E-state index contributed by atoms with van der Waals surface area (Å²) in [7, 11) is 0. The van der Waals surface area contributed by atoms with Gasteiger partial charge in [-0.3, -0.25) is 0 Å². The number of nitrogens with zero attached hydrogens (tertiary/aromatic N) is 4. The van der Waals surface area contributed by atoms with Crippen LogP contribution in [0.3, 0.4) is 0 Å². The Morgan fingerprint density at radius 1 is 1.17 bits per heavy atom. The van der Waals surface area contributed by atoms with Crippen LogP contribution in [0.1, 0.15) is 17.1 Å². The number of rotatable bonds is 1. The molecule has 0 bridgehead atoms. The van der Waals surface area contributed by atoms with Crippen molar-refractivity contribution in [3.8, 4) is 5.82 Å². The molecule has 2 heterocycles. The molecule has 18 heavy (non-hydrogen) atoms. The minimum Gasteiger partial charge on any atom is -0.236 e. The summed E-state index contributed by atoms with van der Waals surface area (Å²) in [6.45, 7) is 3.40. The Bertz CT molecular complexity index is 591. The first-order valence-electron chi connectivity index (χ1n) is 4.93. The van der Waals surface area contributed by atoms with Crippen LogP contribution >= 0.6 is 11.6 Å². The molecule has 8 heteroatoms. The summed E-state index contributed by atoms with van der Waals surface area (Å²) in [6.07, 6.45) is -3.35. The fourth-order valence-corrected chi connectivity index (χ4v) is 1.56. The van der Waals surface area contributed by atoms with E-state index >= 15 is 0 Å². The lowest BCUT2D eigenvalue weighted by molar-refractivity contribution is -0.141. The Morgan fingerprint density at radius 3 is 2.33 bits per heavy atom. The average molecular weight is 277 g/mol. The van der Waals surface area contributed by atoms with Gasteiger partial charge in [-0.25, -0.2) is 14.6 Å². The van der Waals surface area contributed by atoms with E-state index in [1.807, 2.05) is 0 Å². The molecule has 0 N–H and O–H groups in total. The van der Waals surface area contributed by atoms with Crippen molar-refractivity contribution < 1.29 is 13.2 Å². The van der Waals surface area contributed by atoms with Gasteiger partial charge in [0.05, 0.1) is 11.4 Å². The van der Waals surface area contributed by atoms with Crippen molar-refractivity contribution in [2.45, 2.75) is 20.0 Å². The van der Waals surface area contributed by atoms with Crippen LogP contribution in [0.2, 0.25) is 5.15 Å². The number of hydrogen-bond donors (Lipinski definition) is 0. The van der Waals surface area contributed by atoms with Crippen molar-refractivity contribution in [1.82, 2.24) is 19.7 Å². The molecule has 2 aromatic rings. The molecular formula is C10H8ClF3N4. The van der Waals surface area contributed by atoms with Gasteiger partial charge < -0.3 is 0 Å². The zero-order chi connectivity index (χ0) is 13.5. The van der Waals surface area contributed by atoms with Gasteiger partial charge in [0, 0.05) is 6.20 Å². The molecule has 0 radical (unpaired) electrons. The molecule has 2 rings (SSSR count). The summed E-state index contributed by atoms with van der Waals surface area (Å²) in [6, 6.07) is 0.854. The van der Waals surface area contributed by atoms with Gasteiger partial charge in [-0.15, -0.1) is 0 Å². The lowest BCUT2D eigenvalue weighted by Crippen LogP contribution is -2.09. The second-order valence-electron chi connectivity index (χ2n) is 3.65. The SMILES string of the molecule is Cc1nc(Cl)c(-n2ccc(C(F)(F)F)n2)nc1C. The van der Waals surface area contributed by atoms with E-state index < -0.39 is 11.9 Å². The fourth-order valence-electron chi connectivity index (χ4n) is 1.30. The van der Waals surface area contributed by atoms with Crippen LogP contribution in [0.25, 0.3) is 5.82 Å². The minimum atomic E-state index is -4.50. The maximum Gasteiger partial charge on any atom is 0.435 e. The van der Waals surface area contributed by atoms with Crippen molar-refractivity contribution in [2.24, 2.45) is 0 Å². The van der Waals surface area contributed by atoms with E-state index in [9.17, 15) is 13.2 Å². The second-order valence-corrected chi connectivity index (χ2v) is 4.01. The van der Waals surface area contributed by atoms with Gasteiger partial charge in [0.1, 0.15) is 0 Å². The van der Waals surface area contributed by atoms with E-state index in [1.165, 1.54) is 0 Å². The fraction of sp³-hybridized carbons (Fsp3) is 0.300. The predicted octanol–water partition coefficient (Wildman–Crippen LogP) is 2.95. The Kier molecular flexibility index (Phi) is 3.02. The van der Waals surface area contributed by atoms with Gasteiger partial charge in [0.15, 0.2) is 16.7 Å². The maximum atomic E-state index is 12.4. The standard InChI is InChI=1S/C10H8ClF3N4/c1-5-6(2)16-9(8(11)15-5)18-4-3-7(17-18)10(12,13)14/h3-4H,1-2H3. The highest BCUT2D eigenvalue weighted by molar-refractivity contribution is 6.30. The van der Waals surface area contributed by atoms with Crippen LogP contribution < -0.4 is 0 Å². The minimum absolute atomic E-state index is 0.00919.